The van der Waals surface area contributed by atoms with Gasteiger partial charge in [-0.05, 0) is 64.8 Å². The molecule has 28 heavy (non-hydrogen) atoms. The van der Waals surface area contributed by atoms with E-state index in [1.807, 2.05) is 39.0 Å². The molecule has 0 aliphatic rings. The Bertz CT molecular complexity index is 849. The van der Waals surface area contributed by atoms with Crippen LogP contribution in [0.5, 0.6) is 0 Å². The second kappa shape index (κ2) is 10.8. The van der Waals surface area contributed by atoms with Crippen molar-refractivity contribution in [1.82, 2.24) is 0 Å². The highest BCUT2D eigenvalue weighted by Gasteiger charge is 2.10. The minimum absolute atomic E-state index is 0.0636. The molecule has 0 saturated heterocycles. The standard InChI is InChI=1S/C9H14O.C8H13NO.C6H6O2/c1-4-7(2)9-6-5-8(3)10-9;1-3-7(9)8-5-4-6(2)10-8;1-3-4(2)6(8)5(3)7/h5-7H,4H2,1-3H3;4-5,7H,3,9H2,1-2H3;1-2H3/t2*7-;/m11./s1. The van der Waals surface area contributed by atoms with Crippen molar-refractivity contribution in [3.05, 3.63) is 78.9 Å². The Morgan fingerprint density at radius 3 is 1.50 bits per heavy atom. The zero-order valence-corrected chi connectivity index (χ0v) is 18.1. The molecule has 0 unspecified atom stereocenters. The molecule has 0 bridgehead atoms. The number of hydrogen-bond acceptors (Lipinski definition) is 5. The molecule has 1 aromatic carbocycles. The minimum atomic E-state index is -0.317. The fraction of sp³-hybridized carbons (Fsp3) is 0.478. The van der Waals surface area contributed by atoms with Crippen LogP contribution in [0.2, 0.25) is 0 Å². The number of nitrogens with two attached hydrogens (primary N) is 1. The lowest BCUT2D eigenvalue weighted by Crippen LogP contribution is -2.36. The van der Waals surface area contributed by atoms with Gasteiger partial charge >= 0.3 is 0 Å². The van der Waals surface area contributed by atoms with Crippen molar-refractivity contribution in [3.63, 3.8) is 0 Å². The van der Waals surface area contributed by atoms with Crippen molar-refractivity contribution in [1.29, 1.82) is 0 Å². The van der Waals surface area contributed by atoms with Gasteiger partial charge < -0.3 is 14.6 Å². The Kier molecular flexibility index (Phi) is 9.13. The predicted octanol–water partition coefficient (Wildman–Crippen LogP) is 5.00. The fourth-order valence-corrected chi connectivity index (χ4v) is 2.39. The fourth-order valence-electron chi connectivity index (χ4n) is 2.39. The lowest BCUT2D eigenvalue weighted by atomic mass is 10.1. The topological polar surface area (TPSA) is 86.4 Å². The molecule has 0 saturated carbocycles. The van der Waals surface area contributed by atoms with E-state index in [0.717, 1.165) is 35.9 Å². The van der Waals surface area contributed by atoms with Gasteiger partial charge in [0.15, 0.2) is 0 Å². The highest BCUT2D eigenvalue weighted by atomic mass is 16.3. The van der Waals surface area contributed by atoms with Crippen molar-refractivity contribution in [3.8, 4) is 0 Å². The molecule has 154 valence electrons. The van der Waals surface area contributed by atoms with E-state index in [0.29, 0.717) is 17.0 Å². The molecule has 2 N–H and O–H groups in total. The maximum atomic E-state index is 10.4. The molecule has 3 aromatic rings. The Morgan fingerprint density at radius 2 is 1.21 bits per heavy atom. The molecular formula is C23H33NO4. The summed E-state index contributed by atoms with van der Waals surface area (Å²) in [4.78, 5) is 20.7. The van der Waals surface area contributed by atoms with Crippen LogP contribution in [0.3, 0.4) is 0 Å². The molecule has 0 spiro atoms. The van der Waals surface area contributed by atoms with Crippen molar-refractivity contribution < 1.29 is 8.83 Å². The monoisotopic (exact) mass is 387 g/mol. The van der Waals surface area contributed by atoms with Crippen LogP contribution in [0.4, 0.5) is 0 Å². The van der Waals surface area contributed by atoms with Gasteiger partial charge in [0.2, 0.25) is 10.9 Å². The van der Waals surface area contributed by atoms with Crippen LogP contribution < -0.4 is 16.6 Å². The number of aryl methyl sites for hydroxylation is 2. The van der Waals surface area contributed by atoms with E-state index in [2.05, 4.69) is 19.9 Å². The summed E-state index contributed by atoms with van der Waals surface area (Å²) in [6.07, 6.45) is 2.07. The number of hydrogen-bond donors (Lipinski definition) is 1. The van der Waals surface area contributed by atoms with Crippen molar-refractivity contribution in [2.45, 2.75) is 73.3 Å². The van der Waals surface area contributed by atoms with Gasteiger partial charge in [-0.1, -0.05) is 20.8 Å². The van der Waals surface area contributed by atoms with Crippen LogP contribution in [0.25, 0.3) is 0 Å². The predicted molar refractivity (Wildman–Crippen MR) is 114 cm³/mol. The smallest absolute Gasteiger partial charge is 0.229 e. The Morgan fingerprint density at radius 1 is 0.786 bits per heavy atom. The van der Waals surface area contributed by atoms with Crippen LogP contribution in [0, 0.1) is 27.7 Å². The van der Waals surface area contributed by atoms with Crippen LogP contribution >= 0.6 is 0 Å². The molecule has 0 amide bonds. The first kappa shape index (κ1) is 23.6. The third-order valence-electron chi connectivity index (χ3n) is 4.88. The van der Waals surface area contributed by atoms with Gasteiger partial charge in [-0.25, -0.2) is 0 Å². The van der Waals surface area contributed by atoms with Gasteiger partial charge in [-0.15, -0.1) is 0 Å². The molecule has 0 fully saturated rings. The molecular weight excluding hydrogens is 354 g/mol. The van der Waals surface area contributed by atoms with E-state index in [-0.39, 0.29) is 16.9 Å². The molecule has 3 rings (SSSR count). The summed E-state index contributed by atoms with van der Waals surface area (Å²) in [6.45, 7) is 13.6. The molecule has 2 aromatic heterocycles. The zero-order chi connectivity index (χ0) is 21.4. The first-order valence-electron chi connectivity index (χ1n) is 9.76. The highest BCUT2D eigenvalue weighted by molar-refractivity contribution is 5.29. The molecule has 2 atom stereocenters. The van der Waals surface area contributed by atoms with Gasteiger partial charge in [0.25, 0.3) is 0 Å². The molecule has 0 radical (unpaired) electrons. The third kappa shape index (κ3) is 6.34. The summed E-state index contributed by atoms with van der Waals surface area (Å²) in [5.74, 6) is 4.50. The second-order valence-electron chi connectivity index (χ2n) is 7.13. The first-order valence-corrected chi connectivity index (χ1v) is 9.76. The van der Waals surface area contributed by atoms with Crippen LogP contribution in [-0.2, 0) is 0 Å². The molecule has 5 heteroatoms. The average molecular weight is 388 g/mol. The molecule has 2 heterocycles. The lowest BCUT2D eigenvalue weighted by Gasteiger charge is -2.02. The average Bonchev–Trinajstić information content (AvgIpc) is 3.34. The van der Waals surface area contributed by atoms with Crippen LogP contribution in [-0.4, -0.2) is 0 Å². The first-order chi connectivity index (χ1) is 13.1. The van der Waals surface area contributed by atoms with Gasteiger partial charge in [-0.2, -0.15) is 0 Å². The van der Waals surface area contributed by atoms with Gasteiger partial charge in [0, 0.05) is 17.0 Å². The Labute approximate surface area is 167 Å². The Balaban J connectivity index is 0.000000212. The molecule has 0 aliphatic carbocycles. The lowest BCUT2D eigenvalue weighted by molar-refractivity contribution is 0.441. The normalized spacial score (nSPS) is 12.6. The van der Waals surface area contributed by atoms with Crippen LogP contribution in [0.15, 0.2) is 42.7 Å². The van der Waals surface area contributed by atoms with Crippen molar-refractivity contribution >= 4 is 0 Å². The molecule has 0 aliphatic heterocycles. The summed E-state index contributed by atoms with van der Waals surface area (Å²) in [7, 11) is 0. The molecule has 5 nitrogen and oxygen atoms in total. The quantitative estimate of drug-likeness (QED) is 0.637. The van der Waals surface area contributed by atoms with E-state index < -0.39 is 0 Å². The van der Waals surface area contributed by atoms with Gasteiger partial charge in [0.05, 0.1) is 6.04 Å². The van der Waals surface area contributed by atoms with E-state index in [1.165, 1.54) is 0 Å². The summed E-state index contributed by atoms with van der Waals surface area (Å²) in [5.41, 5.74) is 6.32. The maximum absolute atomic E-state index is 10.4. The summed E-state index contributed by atoms with van der Waals surface area (Å²) >= 11 is 0. The van der Waals surface area contributed by atoms with Crippen molar-refractivity contribution in [2.75, 3.05) is 0 Å². The summed E-state index contributed by atoms with van der Waals surface area (Å²) in [6, 6.07) is 8.01. The number of furan rings is 2. The van der Waals surface area contributed by atoms with E-state index in [4.69, 9.17) is 14.6 Å². The van der Waals surface area contributed by atoms with Gasteiger partial charge in [0.1, 0.15) is 23.0 Å². The summed E-state index contributed by atoms with van der Waals surface area (Å²) in [5, 5.41) is 0. The van der Waals surface area contributed by atoms with Crippen LogP contribution in [0.1, 0.15) is 79.7 Å². The maximum Gasteiger partial charge on any atom is 0.229 e. The minimum Gasteiger partial charge on any atom is -0.466 e. The van der Waals surface area contributed by atoms with Gasteiger partial charge in [-0.3, -0.25) is 9.59 Å². The second-order valence-corrected chi connectivity index (χ2v) is 7.13. The SMILES string of the molecule is CC[C@@H](C)c1ccc(C)o1.CC[C@@H](N)c1ccc(C)o1.Cc1c(C)c(=O)c1=O. The van der Waals surface area contributed by atoms with E-state index in [9.17, 15) is 9.59 Å². The zero-order valence-electron chi connectivity index (χ0n) is 18.1. The summed E-state index contributed by atoms with van der Waals surface area (Å²) < 4.78 is 10.7. The highest BCUT2D eigenvalue weighted by Crippen LogP contribution is 2.20. The van der Waals surface area contributed by atoms with E-state index in [1.54, 1.807) is 13.8 Å². The van der Waals surface area contributed by atoms with Crippen molar-refractivity contribution in [2.24, 2.45) is 5.73 Å². The Hall–Kier alpha value is -2.40. The largest absolute Gasteiger partial charge is 0.466 e. The van der Waals surface area contributed by atoms with E-state index >= 15 is 0 Å². The third-order valence-corrected chi connectivity index (χ3v) is 4.88. The number of rotatable bonds is 4.